The summed E-state index contributed by atoms with van der Waals surface area (Å²) in [7, 11) is 0. The Morgan fingerprint density at radius 2 is 2.09 bits per heavy atom. The molecule has 0 amide bonds. The second-order valence-corrected chi connectivity index (χ2v) is 3.59. The number of hydrogen-bond donors (Lipinski definition) is 1. The van der Waals surface area contributed by atoms with Gasteiger partial charge in [-0.2, -0.15) is 0 Å². The zero-order valence-electron chi connectivity index (χ0n) is 7.68. The first-order chi connectivity index (χ1) is 4.89. The minimum atomic E-state index is -0.398. The van der Waals surface area contributed by atoms with Gasteiger partial charge in [0.1, 0.15) is 5.78 Å². The molecule has 0 radical (unpaired) electrons. The fraction of sp³-hybridized carbons (Fsp3) is 0.875. The number of ketones is 1. The fourth-order valence-corrected chi connectivity index (χ4v) is 0.929. The van der Waals surface area contributed by atoms with Crippen molar-refractivity contribution in [3.8, 4) is 0 Å². The van der Waals surface area contributed by atoms with Crippen molar-refractivity contribution < 1.29 is 9.63 Å². The molecule has 0 aliphatic heterocycles. The first kappa shape index (κ1) is 10.6. The van der Waals surface area contributed by atoms with Gasteiger partial charge in [0.15, 0.2) is 0 Å². The predicted molar refractivity (Wildman–Crippen MR) is 43.8 cm³/mol. The Kier molecular flexibility index (Phi) is 3.69. The molecule has 3 nitrogen and oxygen atoms in total. The summed E-state index contributed by atoms with van der Waals surface area (Å²) in [6.45, 7) is 7.19. The van der Waals surface area contributed by atoms with Crippen LogP contribution in [0.4, 0.5) is 0 Å². The third-order valence-electron chi connectivity index (χ3n) is 1.81. The molecule has 3 heteroatoms. The van der Waals surface area contributed by atoms with Crippen LogP contribution in [0.15, 0.2) is 0 Å². The van der Waals surface area contributed by atoms with Crippen molar-refractivity contribution in [2.45, 2.75) is 39.7 Å². The van der Waals surface area contributed by atoms with Gasteiger partial charge >= 0.3 is 0 Å². The lowest BCUT2D eigenvalue weighted by Gasteiger charge is -2.24. The van der Waals surface area contributed by atoms with Crippen molar-refractivity contribution in [2.75, 3.05) is 0 Å². The van der Waals surface area contributed by atoms with Crippen molar-refractivity contribution in [3.63, 3.8) is 0 Å². The second-order valence-electron chi connectivity index (χ2n) is 3.59. The molecular weight excluding hydrogens is 142 g/mol. The molecule has 0 saturated heterocycles. The van der Waals surface area contributed by atoms with Gasteiger partial charge in [-0.25, -0.2) is 5.90 Å². The number of rotatable bonds is 4. The Balaban J connectivity index is 3.93. The summed E-state index contributed by atoms with van der Waals surface area (Å²) < 4.78 is 0. The van der Waals surface area contributed by atoms with Gasteiger partial charge in [-0.05, 0) is 27.2 Å². The lowest BCUT2D eigenvalue weighted by molar-refractivity contribution is -0.123. The largest absolute Gasteiger partial charge is 0.300 e. The maximum atomic E-state index is 10.8. The van der Waals surface area contributed by atoms with E-state index in [0.29, 0.717) is 6.42 Å². The van der Waals surface area contributed by atoms with Crippen LogP contribution in [-0.2, 0) is 9.63 Å². The Hall–Kier alpha value is -0.410. The molecule has 0 spiro atoms. The maximum Gasteiger partial charge on any atom is 0.132 e. The zero-order valence-corrected chi connectivity index (χ0v) is 7.68. The first-order valence-corrected chi connectivity index (χ1v) is 3.77. The van der Waals surface area contributed by atoms with Crippen LogP contribution < -0.4 is 5.90 Å². The average Bonchev–Trinajstić information content (AvgIpc) is 1.87. The van der Waals surface area contributed by atoms with Crippen LogP contribution in [0, 0.1) is 5.92 Å². The number of carbonyl (C=O) groups is 1. The van der Waals surface area contributed by atoms with Crippen LogP contribution in [0.2, 0.25) is 0 Å². The van der Waals surface area contributed by atoms with Crippen molar-refractivity contribution in [1.82, 2.24) is 0 Å². The first-order valence-electron chi connectivity index (χ1n) is 3.77. The molecule has 0 fully saturated rings. The van der Waals surface area contributed by atoms with E-state index in [1.54, 1.807) is 6.92 Å². The van der Waals surface area contributed by atoms with E-state index in [0.717, 1.165) is 0 Å². The lowest BCUT2D eigenvalue weighted by Crippen LogP contribution is -2.31. The molecule has 0 aromatic rings. The number of Topliss-reactive ketones (excluding diaryl/α,β-unsaturated/α-hetero) is 1. The van der Waals surface area contributed by atoms with E-state index in [2.05, 4.69) is 0 Å². The Bertz CT molecular complexity index is 143. The highest BCUT2D eigenvalue weighted by Crippen LogP contribution is 2.18. The smallest absolute Gasteiger partial charge is 0.132 e. The van der Waals surface area contributed by atoms with Gasteiger partial charge in [0.25, 0.3) is 0 Å². The molecule has 0 saturated carbocycles. The molecule has 66 valence electrons. The van der Waals surface area contributed by atoms with E-state index >= 15 is 0 Å². The predicted octanol–water partition coefficient (Wildman–Crippen LogP) is 1.27. The monoisotopic (exact) mass is 159 g/mol. The van der Waals surface area contributed by atoms with Gasteiger partial charge in [0.05, 0.1) is 5.60 Å². The molecule has 0 aromatic heterocycles. The number of nitrogens with two attached hydrogens (primary N) is 1. The van der Waals surface area contributed by atoms with Crippen LogP contribution >= 0.6 is 0 Å². The Morgan fingerprint density at radius 1 is 1.64 bits per heavy atom. The Morgan fingerprint density at radius 3 is 2.36 bits per heavy atom. The van der Waals surface area contributed by atoms with E-state index in [9.17, 15) is 4.79 Å². The van der Waals surface area contributed by atoms with Gasteiger partial charge < -0.3 is 0 Å². The van der Waals surface area contributed by atoms with Crippen LogP contribution in [0.3, 0.4) is 0 Å². The third-order valence-corrected chi connectivity index (χ3v) is 1.81. The SMILES string of the molecule is CC(=O)C(C)CC(C)(C)ON. The second kappa shape index (κ2) is 3.83. The van der Waals surface area contributed by atoms with Crippen LogP contribution in [-0.4, -0.2) is 11.4 Å². The molecule has 1 atom stereocenters. The van der Waals surface area contributed by atoms with Crippen molar-refractivity contribution in [1.29, 1.82) is 0 Å². The summed E-state index contributed by atoms with van der Waals surface area (Å²) in [5.41, 5.74) is -0.398. The minimum Gasteiger partial charge on any atom is -0.300 e. The molecule has 0 aliphatic rings. The average molecular weight is 159 g/mol. The van der Waals surface area contributed by atoms with Crippen molar-refractivity contribution in [2.24, 2.45) is 11.8 Å². The normalized spacial score (nSPS) is 14.6. The van der Waals surface area contributed by atoms with Crippen LogP contribution in [0.25, 0.3) is 0 Å². The zero-order chi connectivity index (χ0) is 9.07. The summed E-state index contributed by atoms with van der Waals surface area (Å²) in [6.07, 6.45) is 0.666. The van der Waals surface area contributed by atoms with Gasteiger partial charge in [0.2, 0.25) is 0 Å². The van der Waals surface area contributed by atoms with Crippen molar-refractivity contribution in [3.05, 3.63) is 0 Å². The fourth-order valence-electron chi connectivity index (χ4n) is 0.929. The van der Waals surface area contributed by atoms with E-state index in [4.69, 9.17) is 10.7 Å². The molecule has 2 N–H and O–H groups in total. The van der Waals surface area contributed by atoms with Gasteiger partial charge in [0, 0.05) is 5.92 Å². The standard InChI is InChI=1S/C8H17NO2/c1-6(7(2)10)5-8(3,4)11-9/h6H,5,9H2,1-4H3. The minimum absolute atomic E-state index is 0.0218. The molecule has 1 unspecified atom stereocenters. The highest BCUT2D eigenvalue weighted by Gasteiger charge is 2.22. The number of hydrogen-bond acceptors (Lipinski definition) is 3. The van der Waals surface area contributed by atoms with Gasteiger partial charge in [-0.3, -0.25) is 9.63 Å². The van der Waals surface area contributed by atoms with Crippen LogP contribution in [0.1, 0.15) is 34.1 Å². The molecule has 0 rings (SSSR count). The number of carbonyl (C=O) groups excluding carboxylic acids is 1. The highest BCUT2D eigenvalue weighted by atomic mass is 16.6. The molecule has 0 aromatic carbocycles. The van der Waals surface area contributed by atoms with E-state index in [1.807, 2.05) is 20.8 Å². The topological polar surface area (TPSA) is 52.3 Å². The molecular formula is C8H17NO2. The van der Waals surface area contributed by atoms with E-state index < -0.39 is 5.60 Å². The summed E-state index contributed by atoms with van der Waals surface area (Å²) in [5, 5.41) is 0. The van der Waals surface area contributed by atoms with E-state index in [1.165, 1.54) is 0 Å². The maximum absolute atomic E-state index is 10.8. The molecule has 11 heavy (non-hydrogen) atoms. The van der Waals surface area contributed by atoms with Crippen LogP contribution in [0.5, 0.6) is 0 Å². The molecule has 0 aliphatic carbocycles. The Labute approximate surface area is 67.9 Å². The summed E-state index contributed by atoms with van der Waals surface area (Å²) in [5.74, 6) is 5.24. The molecule has 0 bridgehead atoms. The summed E-state index contributed by atoms with van der Waals surface area (Å²) in [4.78, 5) is 15.5. The van der Waals surface area contributed by atoms with Gasteiger partial charge in [-0.1, -0.05) is 6.92 Å². The van der Waals surface area contributed by atoms with Crippen molar-refractivity contribution >= 4 is 5.78 Å². The lowest BCUT2D eigenvalue weighted by atomic mass is 9.92. The van der Waals surface area contributed by atoms with E-state index in [-0.39, 0.29) is 11.7 Å². The quantitative estimate of drug-likeness (QED) is 0.628. The molecule has 0 heterocycles. The highest BCUT2D eigenvalue weighted by molar-refractivity contribution is 5.77. The summed E-state index contributed by atoms with van der Waals surface area (Å²) >= 11 is 0. The summed E-state index contributed by atoms with van der Waals surface area (Å²) in [6, 6.07) is 0. The third kappa shape index (κ3) is 4.11. The van der Waals surface area contributed by atoms with Gasteiger partial charge in [-0.15, -0.1) is 0 Å².